The maximum atomic E-state index is 12.4. The first-order valence-electron chi connectivity index (χ1n) is 8.33. The van der Waals surface area contributed by atoms with E-state index in [9.17, 15) is 8.42 Å². The fraction of sp³-hybridized carbons (Fsp3) is 0.389. The van der Waals surface area contributed by atoms with Crippen molar-refractivity contribution in [2.45, 2.75) is 36.7 Å². The summed E-state index contributed by atoms with van der Waals surface area (Å²) in [7, 11) is -3.50. The molecule has 0 radical (unpaired) electrons. The van der Waals surface area contributed by atoms with Crippen LogP contribution in [0.5, 0.6) is 0 Å². The summed E-state index contributed by atoms with van der Waals surface area (Å²) in [5.41, 5.74) is 1.26. The van der Waals surface area contributed by atoms with E-state index >= 15 is 0 Å². The smallest absolute Gasteiger partial charge is 0.242 e. The van der Waals surface area contributed by atoms with Crippen molar-refractivity contribution in [3.05, 3.63) is 60.4 Å². The van der Waals surface area contributed by atoms with Gasteiger partial charge in [0.15, 0.2) is 0 Å². The molecule has 0 amide bonds. The second kappa shape index (κ2) is 7.88. The monoisotopic (exact) mass is 345 g/mol. The molecule has 5 nitrogen and oxygen atoms in total. The summed E-state index contributed by atoms with van der Waals surface area (Å²) in [5, 5.41) is 0. The highest BCUT2D eigenvalue weighted by molar-refractivity contribution is 7.89. The molecule has 2 aromatic rings. The van der Waals surface area contributed by atoms with Crippen molar-refractivity contribution in [1.82, 2.24) is 14.6 Å². The number of hydrogen-bond acceptors (Lipinski definition) is 4. The SMILES string of the molecule is O=S(=O)(NC[C@@H]1CCCCN1Cc1ccccc1)c1cccnc1. The number of rotatable bonds is 6. The van der Waals surface area contributed by atoms with Crippen molar-refractivity contribution in [3.63, 3.8) is 0 Å². The Bertz CT molecular complexity index is 735. The highest BCUT2D eigenvalue weighted by Crippen LogP contribution is 2.20. The maximum Gasteiger partial charge on any atom is 0.242 e. The zero-order chi connectivity index (χ0) is 16.8. The van der Waals surface area contributed by atoms with Crippen LogP contribution in [0.4, 0.5) is 0 Å². The summed E-state index contributed by atoms with van der Waals surface area (Å²) in [6, 6.07) is 13.8. The van der Waals surface area contributed by atoms with Crippen molar-refractivity contribution >= 4 is 10.0 Å². The summed E-state index contributed by atoms with van der Waals surface area (Å²) in [6.45, 7) is 2.30. The molecule has 0 bridgehead atoms. The summed E-state index contributed by atoms with van der Waals surface area (Å²) < 4.78 is 27.5. The number of aromatic nitrogens is 1. The van der Waals surface area contributed by atoms with E-state index in [1.807, 2.05) is 18.2 Å². The lowest BCUT2D eigenvalue weighted by atomic mass is 10.0. The van der Waals surface area contributed by atoms with E-state index < -0.39 is 10.0 Å². The number of nitrogens with zero attached hydrogens (tertiary/aromatic N) is 2. The van der Waals surface area contributed by atoms with Gasteiger partial charge in [-0.3, -0.25) is 9.88 Å². The van der Waals surface area contributed by atoms with E-state index in [4.69, 9.17) is 0 Å². The van der Waals surface area contributed by atoms with Crippen LogP contribution in [0.2, 0.25) is 0 Å². The third kappa shape index (κ3) is 4.41. The fourth-order valence-electron chi connectivity index (χ4n) is 3.11. The molecule has 6 heteroatoms. The minimum atomic E-state index is -3.50. The molecule has 1 N–H and O–H groups in total. The van der Waals surface area contributed by atoms with Crippen LogP contribution >= 0.6 is 0 Å². The third-order valence-electron chi connectivity index (χ3n) is 4.43. The van der Waals surface area contributed by atoms with Gasteiger partial charge in [0.05, 0.1) is 0 Å². The van der Waals surface area contributed by atoms with Gasteiger partial charge in [-0.25, -0.2) is 13.1 Å². The quantitative estimate of drug-likeness (QED) is 0.873. The van der Waals surface area contributed by atoms with Crippen LogP contribution in [0.3, 0.4) is 0 Å². The normalized spacial score (nSPS) is 19.2. The molecule has 1 saturated heterocycles. The molecule has 0 aliphatic carbocycles. The molecular weight excluding hydrogens is 322 g/mol. The van der Waals surface area contributed by atoms with Crippen molar-refractivity contribution in [3.8, 4) is 0 Å². The Morgan fingerprint density at radius 3 is 2.71 bits per heavy atom. The number of piperidine rings is 1. The average molecular weight is 345 g/mol. The first-order chi connectivity index (χ1) is 11.6. The standard InChI is InChI=1S/C18H23N3O2S/c22-24(23,18-10-6-11-19-14-18)20-13-17-9-4-5-12-21(17)15-16-7-2-1-3-8-16/h1-3,6-8,10-11,14,17,20H,4-5,9,12-13,15H2/t17-/m0/s1. The Balaban J connectivity index is 1.64. The number of nitrogens with one attached hydrogen (secondary N) is 1. The van der Waals surface area contributed by atoms with E-state index in [1.165, 1.54) is 18.2 Å². The summed E-state index contributed by atoms with van der Waals surface area (Å²) in [4.78, 5) is 6.48. The van der Waals surface area contributed by atoms with Gasteiger partial charge in [0.1, 0.15) is 4.90 Å². The van der Waals surface area contributed by atoms with Crippen molar-refractivity contribution < 1.29 is 8.42 Å². The van der Waals surface area contributed by atoms with Crippen LogP contribution in [0, 0.1) is 0 Å². The molecule has 0 saturated carbocycles. The number of sulfonamides is 1. The number of pyridine rings is 1. The molecule has 24 heavy (non-hydrogen) atoms. The maximum absolute atomic E-state index is 12.4. The summed E-state index contributed by atoms with van der Waals surface area (Å²) in [5.74, 6) is 0. The molecule has 1 aromatic carbocycles. The third-order valence-corrected chi connectivity index (χ3v) is 5.84. The van der Waals surface area contributed by atoms with Gasteiger partial charge in [-0.2, -0.15) is 0 Å². The molecule has 1 aromatic heterocycles. The van der Waals surface area contributed by atoms with Crippen LogP contribution in [0.1, 0.15) is 24.8 Å². The second-order valence-corrected chi connectivity index (χ2v) is 7.91. The minimum Gasteiger partial charge on any atom is -0.295 e. The molecule has 0 spiro atoms. The Kier molecular flexibility index (Phi) is 5.60. The predicted octanol–water partition coefficient (Wildman–Crippen LogP) is 2.41. The van der Waals surface area contributed by atoms with E-state index in [2.05, 4.69) is 26.7 Å². The largest absolute Gasteiger partial charge is 0.295 e. The summed E-state index contributed by atoms with van der Waals surface area (Å²) in [6.07, 6.45) is 6.28. The Hall–Kier alpha value is -1.76. The molecule has 1 aliphatic rings. The van der Waals surface area contributed by atoms with Crippen molar-refractivity contribution in [2.24, 2.45) is 0 Å². The van der Waals surface area contributed by atoms with E-state index in [0.29, 0.717) is 6.54 Å². The van der Waals surface area contributed by atoms with Gasteiger partial charge in [0.2, 0.25) is 10.0 Å². The zero-order valence-electron chi connectivity index (χ0n) is 13.6. The van der Waals surface area contributed by atoms with Gasteiger partial charge in [-0.15, -0.1) is 0 Å². The Morgan fingerprint density at radius 2 is 1.96 bits per heavy atom. The van der Waals surface area contributed by atoms with Gasteiger partial charge in [-0.05, 0) is 37.1 Å². The lowest BCUT2D eigenvalue weighted by Gasteiger charge is -2.35. The predicted molar refractivity (Wildman–Crippen MR) is 93.9 cm³/mol. The molecule has 1 atom stereocenters. The van der Waals surface area contributed by atoms with Crippen molar-refractivity contribution in [2.75, 3.05) is 13.1 Å². The van der Waals surface area contributed by atoms with Crippen LogP contribution in [0.15, 0.2) is 59.8 Å². The molecule has 1 aliphatic heterocycles. The minimum absolute atomic E-state index is 0.218. The molecule has 3 rings (SSSR count). The zero-order valence-corrected chi connectivity index (χ0v) is 14.5. The highest BCUT2D eigenvalue weighted by atomic mass is 32.2. The topological polar surface area (TPSA) is 62.3 Å². The molecule has 1 fully saturated rings. The Labute approximate surface area is 143 Å². The number of benzene rings is 1. The van der Waals surface area contributed by atoms with Crippen LogP contribution < -0.4 is 4.72 Å². The van der Waals surface area contributed by atoms with E-state index in [-0.39, 0.29) is 10.9 Å². The van der Waals surface area contributed by atoms with Gasteiger partial charge in [0.25, 0.3) is 0 Å². The summed E-state index contributed by atoms with van der Waals surface area (Å²) >= 11 is 0. The lowest BCUT2D eigenvalue weighted by molar-refractivity contribution is 0.142. The van der Waals surface area contributed by atoms with Crippen LogP contribution in [-0.4, -0.2) is 37.4 Å². The van der Waals surface area contributed by atoms with E-state index in [0.717, 1.165) is 25.9 Å². The van der Waals surface area contributed by atoms with Gasteiger partial charge in [-0.1, -0.05) is 36.8 Å². The first kappa shape index (κ1) is 17.1. The van der Waals surface area contributed by atoms with Crippen molar-refractivity contribution in [1.29, 1.82) is 0 Å². The van der Waals surface area contributed by atoms with Gasteiger partial charge in [0, 0.05) is 31.5 Å². The molecule has 2 heterocycles. The molecular formula is C18H23N3O2S. The second-order valence-electron chi connectivity index (χ2n) is 6.15. The van der Waals surface area contributed by atoms with Gasteiger partial charge < -0.3 is 0 Å². The van der Waals surface area contributed by atoms with Crippen LogP contribution in [0.25, 0.3) is 0 Å². The highest BCUT2D eigenvalue weighted by Gasteiger charge is 2.24. The fourth-order valence-corrected chi connectivity index (χ4v) is 4.15. The Morgan fingerprint density at radius 1 is 1.12 bits per heavy atom. The molecule has 128 valence electrons. The molecule has 0 unspecified atom stereocenters. The lowest BCUT2D eigenvalue weighted by Crippen LogP contribution is -2.46. The number of hydrogen-bond donors (Lipinski definition) is 1. The van der Waals surface area contributed by atoms with E-state index in [1.54, 1.807) is 18.3 Å². The van der Waals surface area contributed by atoms with Gasteiger partial charge >= 0.3 is 0 Å². The van der Waals surface area contributed by atoms with Crippen LogP contribution in [-0.2, 0) is 16.6 Å². The first-order valence-corrected chi connectivity index (χ1v) is 9.81. The average Bonchev–Trinajstić information content (AvgIpc) is 2.63. The number of likely N-dealkylation sites (tertiary alicyclic amines) is 1.